The average molecular weight is 353 g/mol. The summed E-state index contributed by atoms with van der Waals surface area (Å²) in [6.07, 6.45) is 0. The Hall–Kier alpha value is -2.79. The topological polar surface area (TPSA) is 55.9 Å². The van der Waals surface area contributed by atoms with Crippen molar-refractivity contribution in [2.75, 3.05) is 26.7 Å². The van der Waals surface area contributed by atoms with E-state index in [4.69, 9.17) is 9.15 Å². The molecular formula is C21H25N2O3+. The predicted octanol–water partition coefficient (Wildman–Crippen LogP) is 2.20. The highest BCUT2D eigenvalue weighted by Crippen LogP contribution is 2.23. The number of carbonyl (C=O) groups is 1. The van der Waals surface area contributed by atoms with Gasteiger partial charge in [-0.2, -0.15) is 0 Å². The molecule has 2 atom stereocenters. The van der Waals surface area contributed by atoms with E-state index in [-0.39, 0.29) is 11.9 Å². The Morgan fingerprint density at radius 2 is 1.88 bits per heavy atom. The second kappa shape index (κ2) is 8.54. The molecule has 136 valence electrons. The van der Waals surface area contributed by atoms with E-state index in [1.54, 1.807) is 0 Å². The van der Waals surface area contributed by atoms with E-state index in [1.807, 2.05) is 74.6 Å². The van der Waals surface area contributed by atoms with Gasteiger partial charge in [-0.3, -0.25) is 4.79 Å². The molecule has 0 radical (unpaired) electrons. The lowest BCUT2D eigenvalue weighted by molar-refractivity contribution is -0.871. The molecule has 0 aliphatic rings. The molecule has 0 saturated heterocycles. The number of nitrogens with one attached hydrogen (secondary N) is 2. The number of amides is 1. The molecule has 2 aromatic carbocycles. The number of para-hydroxylation sites is 2. The van der Waals surface area contributed by atoms with Gasteiger partial charge in [0.05, 0.1) is 13.1 Å². The minimum Gasteiger partial charge on any atom is -0.488 e. The molecule has 1 aromatic heterocycles. The van der Waals surface area contributed by atoms with Crippen molar-refractivity contribution in [3.05, 3.63) is 66.4 Å². The smallest absolute Gasteiger partial charge is 0.275 e. The monoisotopic (exact) mass is 353 g/mol. The number of fused-ring (bicyclic) bond motifs is 1. The van der Waals surface area contributed by atoms with Crippen LogP contribution in [0.2, 0.25) is 0 Å². The molecule has 1 amide bonds. The Bertz CT molecular complexity index is 812. The van der Waals surface area contributed by atoms with E-state index >= 15 is 0 Å². The molecule has 1 unspecified atom stereocenters. The molecule has 1 heterocycles. The Morgan fingerprint density at radius 1 is 1.15 bits per heavy atom. The van der Waals surface area contributed by atoms with Gasteiger partial charge in [0.2, 0.25) is 0 Å². The highest BCUT2D eigenvalue weighted by Gasteiger charge is 2.16. The van der Waals surface area contributed by atoms with Crippen molar-refractivity contribution in [3.63, 3.8) is 0 Å². The van der Waals surface area contributed by atoms with Crippen LogP contribution in [-0.4, -0.2) is 32.7 Å². The average Bonchev–Trinajstić information content (AvgIpc) is 3.07. The van der Waals surface area contributed by atoms with Crippen LogP contribution in [0.1, 0.15) is 18.7 Å². The molecule has 0 aliphatic heterocycles. The maximum Gasteiger partial charge on any atom is 0.275 e. The summed E-state index contributed by atoms with van der Waals surface area (Å²) in [5.41, 5.74) is 0.837. The number of ether oxygens (including phenoxy) is 1. The summed E-state index contributed by atoms with van der Waals surface area (Å²) in [6.45, 7) is 3.65. The van der Waals surface area contributed by atoms with E-state index in [0.717, 1.165) is 33.9 Å². The van der Waals surface area contributed by atoms with Gasteiger partial charge in [0.1, 0.15) is 30.2 Å². The van der Waals surface area contributed by atoms with E-state index in [0.29, 0.717) is 13.2 Å². The van der Waals surface area contributed by atoms with Crippen molar-refractivity contribution >= 4 is 16.9 Å². The number of hydrogen-bond donors (Lipinski definition) is 2. The zero-order valence-corrected chi connectivity index (χ0v) is 15.2. The highest BCUT2D eigenvalue weighted by atomic mass is 16.5. The first-order chi connectivity index (χ1) is 12.6. The third-order valence-electron chi connectivity index (χ3n) is 4.25. The first-order valence-corrected chi connectivity index (χ1v) is 8.89. The maximum atomic E-state index is 12.3. The van der Waals surface area contributed by atoms with Crippen molar-refractivity contribution in [1.82, 2.24) is 5.32 Å². The van der Waals surface area contributed by atoms with Crippen LogP contribution < -0.4 is 15.0 Å². The summed E-state index contributed by atoms with van der Waals surface area (Å²) >= 11 is 0. The van der Waals surface area contributed by atoms with Crippen LogP contribution in [0.4, 0.5) is 0 Å². The van der Waals surface area contributed by atoms with Crippen LogP contribution in [0.3, 0.4) is 0 Å². The fourth-order valence-electron chi connectivity index (χ4n) is 2.80. The molecule has 0 aliphatic carbocycles. The lowest BCUT2D eigenvalue weighted by Gasteiger charge is -2.16. The third-order valence-corrected chi connectivity index (χ3v) is 4.25. The predicted molar refractivity (Wildman–Crippen MR) is 101 cm³/mol. The van der Waals surface area contributed by atoms with Gasteiger partial charge in [-0.1, -0.05) is 36.4 Å². The third kappa shape index (κ3) is 4.86. The summed E-state index contributed by atoms with van der Waals surface area (Å²) in [6, 6.07) is 19.4. The summed E-state index contributed by atoms with van der Waals surface area (Å²) in [5.74, 6) is 1.61. The van der Waals surface area contributed by atoms with Gasteiger partial charge < -0.3 is 19.4 Å². The summed E-state index contributed by atoms with van der Waals surface area (Å²) < 4.78 is 11.5. The van der Waals surface area contributed by atoms with Crippen molar-refractivity contribution in [2.45, 2.75) is 13.0 Å². The van der Waals surface area contributed by atoms with E-state index in [1.165, 1.54) is 0 Å². The lowest BCUT2D eigenvalue weighted by Crippen LogP contribution is -3.10. The molecule has 3 rings (SSSR count). The maximum absolute atomic E-state index is 12.3. The van der Waals surface area contributed by atoms with Crippen LogP contribution in [0.25, 0.3) is 11.0 Å². The summed E-state index contributed by atoms with van der Waals surface area (Å²) in [5, 5.41) is 4.05. The number of benzene rings is 2. The summed E-state index contributed by atoms with van der Waals surface area (Å²) in [7, 11) is 1.99. The number of furan rings is 1. The second-order valence-electron chi connectivity index (χ2n) is 6.52. The van der Waals surface area contributed by atoms with Crippen molar-refractivity contribution in [3.8, 4) is 5.75 Å². The highest BCUT2D eigenvalue weighted by molar-refractivity contribution is 5.79. The lowest BCUT2D eigenvalue weighted by atomic mass is 10.2. The van der Waals surface area contributed by atoms with E-state index in [9.17, 15) is 4.79 Å². The van der Waals surface area contributed by atoms with Gasteiger partial charge in [0, 0.05) is 5.39 Å². The van der Waals surface area contributed by atoms with Gasteiger partial charge in [0.15, 0.2) is 6.54 Å². The molecule has 0 saturated carbocycles. The van der Waals surface area contributed by atoms with Crippen molar-refractivity contribution in [2.24, 2.45) is 0 Å². The molecule has 2 N–H and O–H groups in total. The van der Waals surface area contributed by atoms with Gasteiger partial charge in [-0.25, -0.2) is 0 Å². The first kappa shape index (κ1) is 18.0. The Labute approximate surface area is 153 Å². The number of likely N-dealkylation sites (N-methyl/N-ethyl adjacent to an activating group) is 1. The fraction of sp³-hybridized carbons (Fsp3) is 0.286. The Kier molecular flexibility index (Phi) is 5.92. The van der Waals surface area contributed by atoms with Gasteiger partial charge in [-0.15, -0.1) is 0 Å². The Morgan fingerprint density at radius 3 is 2.65 bits per heavy atom. The molecule has 5 heteroatoms. The molecule has 0 spiro atoms. The molecular weight excluding hydrogens is 328 g/mol. The zero-order chi connectivity index (χ0) is 18.4. The number of hydrogen-bond acceptors (Lipinski definition) is 3. The molecule has 0 bridgehead atoms. The standard InChI is InChI=1S/C21H24N2O3/c1-16(20-14-17-8-6-7-11-19(17)26-20)22-21(24)15-23(2)12-13-25-18-9-4-3-5-10-18/h3-11,14,16H,12-13,15H2,1-2H3,(H,22,24)/p+1/t16-/m1/s1. The summed E-state index contributed by atoms with van der Waals surface area (Å²) in [4.78, 5) is 13.4. The van der Waals surface area contributed by atoms with E-state index in [2.05, 4.69) is 5.32 Å². The SMILES string of the molecule is C[C@@H](NC(=O)C[NH+](C)CCOc1ccccc1)c1cc2ccccc2o1. The van der Waals surface area contributed by atoms with Gasteiger partial charge in [0.25, 0.3) is 5.91 Å². The Balaban J connectivity index is 1.43. The van der Waals surface area contributed by atoms with Gasteiger partial charge in [-0.05, 0) is 31.2 Å². The second-order valence-corrected chi connectivity index (χ2v) is 6.52. The van der Waals surface area contributed by atoms with E-state index < -0.39 is 0 Å². The molecule has 0 fully saturated rings. The van der Waals surface area contributed by atoms with Crippen LogP contribution >= 0.6 is 0 Å². The quantitative estimate of drug-likeness (QED) is 0.653. The minimum atomic E-state index is -0.164. The molecule has 3 aromatic rings. The first-order valence-electron chi connectivity index (χ1n) is 8.89. The number of quaternary nitrogens is 1. The van der Waals surface area contributed by atoms with Crippen LogP contribution in [0.15, 0.2) is 65.1 Å². The van der Waals surface area contributed by atoms with Gasteiger partial charge >= 0.3 is 0 Å². The normalized spacial score (nSPS) is 13.3. The zero-order valence-electron chi connectivity index (χ0n) is 15.2. The van der Waals surface area contributed by atoms with Crippen LogP contribution in [-0.2, 0) is 4.79 Å². The molecule has 5 nitrogen and oxygen atoms in total. The van der Waals surface area contributed by atoms with Crippen LogP contribution in [0, 0.1) is 0 Å². The minimum absolute atomic E-state index is 0.00447. The van der Waals surface area contributed by atoms with Crippen molar-refractivity contribution < 1.29 is 18.8 Å². The van der Waals surface area contributed by atoms with Crippen molar-refractivity contribution in [1.29, 1.82) is 0 Å². The number of rotatable bonds is 8. The fourth-order valence-corrected chi connectivity index (χ4v) is 2.80. The number of carbonyl (C=O) groups excluding carboxylic acids is 1. The molecule has 26 heavy (non-hydrogen) atoms. The largest absolute Gasteiger partial charge is 0.488 e. The van der Waals surface area contributed by atoms with Crippen LogP contribution in [0.5, 0.6) is 5.75 Å².